The van der Waals surface area contributed by atoms with Gasteiger partial charge in [0.15, 0.2) is 0 Å². The van der Waals surface area contributed by atoms with Crippen LogP contribution < -0.4 is 5.32 Å². The van der Waals surface area contributed by atoms with Gasteiger partial charge in [-0.2, -0.15) is 0 Å². The van der Waals surface area contributed by atoms with E-state index in [1.807, 2.05) is 0 Å². The van der Waals surface area contributed by atoms with Gasteiger partial charge in [-0.3, -0.25) is 9.59 Å². The fourth-order valence-corrected chi connectivity index (χ4v) is 4.50. The Hall–Kier alpha value is -1.06. The second-order valence-electron chi connectivity index (χ2n) is 7.95. The molecule has 0 radical (unpaired) electrons. The zero-order valence-electron chi connectivity index (χ0n) is 13.5. The summed E-state index contributed by atoms with van der Waals surface area (Å²) in [6.07, 6.45) is 6.45. The third-order valence-electron chi connectivity index (χ3n) is 5.15. The van der Waals surface area contributed by atoms with Gasteiger partial charge in [-0.1, -0.05) is 33.6 Å². The first kappa shape index (κ1) is 16.3. The fourth-order valence-electron chi connectivity index (χ4n) is 4.50. The van der Waals surface area contributed by atoms with Crippen molar-refractivity contribution >= 4 is 11.9 Å². The zero-order valence-corrected chi connectivity index (χ0v) is 13.5. The van der Waals surface area contributed by atoms with Crippen LogP contribution in [0.1, 0.15) is 65.7 Å². The van der Waals surface area contributed by atoms with Crippen LogP contribution >= 0.6 is 0 Å². The minimum atomic E-state index is -0.813. The van der Waals surface area contributed by atoms with E-state index in [-0.39, 0.29) is 23.3 Å². The second-order valence-corrected chi connectivity index (χ2v) is 7.95. The van der Waals surface area contributed by atoms with Gasteiger partial charge < -0.3 is 10.4 Å². The lowest BCUT2D eigenvalue weighted by atomic mass is 9.70. The predicted octanol–water partition coefficient (Wildman–Crippen LogP) is 3.21. The van der Waals surface area contributed by atoms with Crippen LogP contribution in [-0.2, 0) is 9.59 Å². The Labute approximate surface area is 127 Å². The molecule has 120 valence electrons. The number of amides is 1. The van der Waals surface area contributed by atoms with E-state index < -0.39 is 11.9 Å². The average molecular weight is 295 g/mol. The maximum atomic E-state index is 12.5. The molecule has 21 heavy (non-hydrogen) atoms. The van der Waals surface area contributed by atoms with Crippen molar-refractivity contribution in [1.29, 1.82) is 0 Å². The van der Waals surface area contributed by atoms with Gasteiger partial charge in [0.1, 0.15) is 0 Å². The van der Waals surface area contributed by atoms with Crippen molar-refractivity contribution in [2.75, 3.05) is 0 Å². The number of hydrogen-bond acceptors (Lipinski definition) is 2. The molecule has 0 aromatic carbocycles. The molecule has 0 spiro atoms. The molecule has 0 aromatic rings. The lowest BCUT2D eigenvalue weighted by Gasteiger charge is -2.40. The molecule has 0 bridgehead atoms. The second kappa shape index (κ2) is 6.37. The summed E-state index contributed by atoms with van der Waals surface area (Å²) in [4.78, 5) is 23.9. The third-order valence-corrected chi connectivity index (χ3v) is 5.15. The minimum absolute atomic E-state index is 0.0306. The zero-order chi connectivity index (χ0) is 15.6. The lowest BCUT2D eigenvalue weighted by molar-refractivity contribution is -0.149. The number of carbonyl (C=O) groups is 2. The summed E-state index contributed by atoms with van der Waals surface area (Å²) in [7, 11) is 0. The quantitative estimate of drug-likeness (QED) is 0.840. The van der Waals surface area contributed by atoms with E-state index in [9.17, 15) is 14.7 Å². The van der Waals surface area contributed by atoms with Crippen LogP contribution in [0.15, 0.2) is 0 Å². The molecule has 4 atom stereocenters. The molecule has 4 unspecified atom stereocenters. The van der Waals surface area contributed by atoms with Gasteiger partial charge in [0.25, 0.3) is 0 Å². The molecule has 2 N–H and O–H groups in total. The Bertz CT molecular complexity index is 405. The standard InChI is InChI=1S/C17H29NO3/c1-11-8-12(10-17(2,3)9-11)18-15(19)13-6-4-5-7-14(13)16(20)21/h11-14H,4-10H2,1-3H3,(H,18,19)(H,20,21). The highest BCUT2D eigenvalue weighted by atomic mass is 16.4. The van der Waals surface area contributed by atoms with Gasteiger partial charge in [-0.25, -0.2) is 0 Å². The van der Waals surface area contributed by atoms with E-state index >= 15 is 0 Å². The molecule has 0 aliphatic heterocycles. The Morgan fingerprint density at radius 3 is 2.29 bits per heavy atom. The summed E-state index contributed by atoms with van der Waals surface area (Å²) >= 11 is 0. The van der Waals surface area contributed by atoms with Crippen molar-refractivity contribution < 1.29 is 14.7 Å². The molecule has 2 saturated carbocycles. The van der Waals surface area contributed by atoms with E-state index in [1.165, 1.54) is 6.42 Å². The number of nitrogens with one attached hydrogen (secondary N) is 1. The third kappa shape index (κ3) is 4.21. The molecule has 2 rings (SSSR count). The number of carbonyl (C=O) groups excluding carboxylic acids is 1. The molecule has 2 aliphatic carbocycles. The molecular weight excluding hydrogens is 266 g/mol. The average Bonchev–Trinajstić information content (AvgIpc) is 2.36. The van der Waals surface area contributed by atoms with E-state index in [4.69, 9.17) is 0 Å². The number of aliphatic carboxylic acids is 1. The van der Waals surface area contributed by atoms with E-state index in [1.54, 1.807) is 0 Å². The number of rotatable bonds is 3. The molecule has 4 heteroatoms. The normalized spacial score (nSPS) is 36.0. The van der Waals surface area contributed by atoms with Crippen molar-refractivity contribution in [3.63, 3.8) is 0 Å². The van der Waals surface area contributed by atoms with Crippen LogP contribution in [-0.4, -0.2) is 23.0 Å². The summed E-state index contributed by atoms with van der Waals surface area (Å²) in [6, 6.07) is 0.202. The smallest absolute Gasteiger partial charge is 0.307 e. The highest BCUT2D eigenvalue weighted by Crippen LogP contribution is 2.39. The summed E-state index contributed by atoms with van der Waals surface area (Å²) in [5.74, 6) is -1.06. The molecule has 2 aliphatic rings. The molecule has 0 heterocycles. The van der Waals surface area contributed by atoms with Gasteiger partial charge in [0, 0.05) is 6.04 Å². The van der Waals surface area contributed by atoms with Crippen LogP contribution in [0.5, 0.6) is 0 Å². The predicted molar refractivity (Wildman–Crippen MR) is 81.8 cm³/mol. The Morgan fingerprint density at radius 1 is 1.10 bits per heavy atom. The highest BCUT2D eigenvalue weighted by molar-refractivity contribution is 5.85. The molecule has 0 saturated heterocycles. The van der Waals surface area contributed by atoms with E-state index in [2.05, 4.69) is 26.1 Å². The number of hydrogen-bond donors (Lipinski definition) is 2. The SMILES string of the molecule is CC1CC(NC(=O)C2CCCCC2C(=O)O)CC(C)(C)C1. The first-order valence-electron chi connectivity index (χ1n) is 8.32. The van der Waals surface area contributed by atoms with Crippen LogP contribution in [0.25, 0.3) is 0 Å². The van der Waals surface area contributed by atoms with Crippen molar-refractivity contribution in [3.8, 4) is 0 Å². The maximum absolute atomic E-state index is 12.5. The van der Waals surface area contributed by atoms with Crippen molar-refractivity contribution in [2.45, 2.75) is 71.8 Å². The Kier molecular flexibility index (Phi) is 4.95. The van der Waals surface area contributed by atoms with Gasteiger partial charge in [0.2, 0.25) is 5.91 Å². The van der Waals surface area contributed by atoms with Gasteiger partial charge in [-0.15, -0.1) is 0 Å². The molecular formula is C17H29NO3. The van der Waals surface area contributed by atoms with Gasteiger partial charge in [-0.05, 0) is 43.4 Å². The first-order chi connectivity index (χ1) is 9.78. The molecule has 4 nitrogen and oxygen atoms in total. The Balaban J connectivity index is 1.98. The van der Waals surface area contributed by atoms with Crippen molar-refractivity contribution in [3.05, 3.63) is 0 Å². The summed E-state index contributed by atoms with van der Waals surface area (Å²) in [5, 5.41) is 12.5. The van der Waals surface area contributed by atoms with Crippen LogP contribution in [0.2, 0.25) is 0 Å². The van der Waals surface area contributed by atoms with Crippen LogP contribution in [0, 0.1) is 23.2 Å². The fraction of sp³-hybridized carbons (Fsp3) is 0.882. The molecule has 0 aromatic heterocycles. The molecule has 2 fully saturated rings. The topological polar surface area (TPSA) is 66.4 Å². The number of carboxylic acids is 1. The summed E-state index contributed by atoms with van der Waals surface area (Å²) < 4.78 is 0. The monoisotopic (exact) mass is 295 g/mol. The minimum Gasteiger partial charge on any atom is -0.481 e. The van der Waals surface area contributed by atoms with Crippen LogP contribution in [0.3, 0.4) is 0 Å². The number of carboxylic acid groups (broad SMARTS) is 1. The first-order valence-corrected chi connectivity index (χ1v) is 8.32. The Morgan fingerprint density at radius 2 is 1.71 bits per heavy atom. The lowest BCUT2D eigenvalue weighted by Crippen LogP contribution is -2.47. The summed E-state index contributed by atoms with van der Waals surface area (Å²) in [5.41, 5.74) is 0.258. The highest BCUT2D eigenvalue weighted by Gasteiger charge is 2.38. The van der Waals surface area contributed by atoms with Gasteiger partial charge >= 0.3 is 5.97 Å². The molecule has 1 amide bonds. The summed E-state index contributed by atoms with van der Waals surface area (Å²) in [6.45, 7) is 6.74. The van der Waals surface area contributed by atoms with Gasteiger partial charge in [0.05, 0.1) is 11.8 Å². The van der Waals surface area contributed by atoms with Crippen LogP contribution in [0.4, 0.5) is 0 Å². The maximum Gasteiger partial charge on any atom is 0.307 e. The largest absolute Gasteiger partial charge is 0.481 e. The van der Waals surface area contributed by atoms with Crippen molar-refractivity contribution in [1.82, 2.24) is 5.32 Å². The van der Waals surface area contributed by atoms with E-state index in [0.29, 0.717) is 18.8 Å². The van der Waals surface area contributed by atoms with E-state index in [0.717, 1.165) is 25.7 Å². The van der Waals surface area contributed by atoms with Crippen molar-refractivity contribution in [2.24, 2.45) is 23.2 Å².